The van der Waals surface area contributed by atoms with Crippen molar-refractivity contribution in [1.82, 2.24) is 4.98 Å². The summed E-state index contributed by atoms with van der Waals surface area (Å²) in [7, 11) is 0. The Bertz CT molecular complexity index is 320. The van der Waals surface area contributed by atoms with Crippen molar-refractivity contribution in [3.8, 4) is 0 Å². The number of rotatable bonds is 2. The van der Waals surface area contributed by atoms with E-state index in [1.165, 1.54) is 6.07 Å². The van der Waals surface area contributed by atoms with Crippen LogP contribution >= 0.6 is 54.5 Å². The topological polar surface area (TPSA) is 12.9 Å². The maximum Gasteiger partial charge on any atom is 0.266 e. The van der Waals surface area contributed by atoms with Crippen LogP contribution in [0.15, 0.2) is 10.5 Å². The summed E-state index contributed by atoms with van der Waals surface area (Å²) >= 11 is 8.21. The summed E-state index contributed by atoms with van der Waals surface area (Å²) in [6.07, 6.45) is -2.47. The predicted molar refractivity (Wildman–Crippen MR) is 62.2 cm³/mol. The molecular weight excluding hydrogens is 423 g/mol. The van der Waals surface area contributed by atoms with E-state index in [9.17, 15) is 8.78 Å². The molecule has 0 bridgehead atoms. The van der Waals surface area contributed by atoms with Crippen LogP contribution in [-0.4, -0.2) is 4.98 Å². The van der Waals surface area contributed by atoms with Crippen molar-refractivity contribution in [3.63, 3.8) is 0 Å². The first-order valence-electron chi connectivity index (χ1n) is 3.25. The number of hydrogen-bond donors (Lipinski definition) is 0. The molecular formula is C7H4Br2F2IN. The number of halogens is 5. The van der Waals surface area contributed by atoms with Crippen LogP contribution < -0.4 is 0 Å². The van der Waals surface area contributed by atoms with Gasteiger partial charge in [-0.25, -0.2) is 13.8 Å². The van der Waals surface area contributed by atoms with Crippen LogP contribution in [0.4, 0.5) is 8.78 Å². The Morgan fingerprint density at radius 1 is 1.54 bits per heavy atom. The highest BCUT2D eigenvalue weighted by molar-refractivity contribution is 14.1. The molecule has 13 heavy (non-hydrogen) atoms. The van der Waals surface area contributed by atoms with Gasteiger partial charge in [-0.2, -0.15) is 0 Å². The lowest BCUT2D eigenvalue weighted by molar-refractivity contribution is 0.149. The van der Waals surface area contributed by atoms with Gasteiger partial charge < -0.3 is 0 Å². The normalized spacial score (nSPS) is 10.9. The summed E-state index contributed by atoms with van der Waals surface area (Å²) in [4.78, 5) is 4.03. The van der Waals surface area contributed by atoms with Crippen molar-refractivity contribution in [2.75, 3.05) is 0 Å². The van der Waals surface area contributed by atoms with Crippen LogP contribution in [-0.2, 0) is 5.33 Å². The predicted octanol–water partition coefficient (Wildman–Crippen LogP) is 4.28. The van der Waals surface area contributed by atoms with Gasteiger partial charge in [0.05, 0.1) is 11.3 Å². The second-order valence-corrected chi connectivity index (χ2v) is 4.67. The summed E-state index contributed by atoms with van der Waals surface area (Å²) in [6.45, 7) is 0. The van der Waals surface area contributed by atoms with E-state index in [-0.39, 0.29) is 5.56 Å². The zero-order valence-corrected chi connectivity index (χ0v) is 11.5. The van der Waals surface area contributed by atoms with Crippen LogP contribution in [0, 0.1) is 3.70 Å². The molecule has 0 fully saturated rings. The highest BCUT2D eigenvalue weighted by Gasteiger charge is 2.15. The summed E-state index contributed by atoms with van der Waals surface area (Å²) in [5.74, 6) is 0. The fraction of sp³-hybridized carbons (Fsp3) is 0.286. The van der Waals surface area contributed by atoms with Crippen molar-refractivity contribution in [2.24, 2.45) is 0 Å². The van der Waals surface area contributed by atoms with Gasteiger partial charge in [-0.15, -0.1) is 0 Å². The lowest BCUT2D eigenvalue weighted by Crippen LogP contribution is -1.97. The van der Waals surface area contributed by atoms with Crippen LogP contribution in [0.25, 0.3) is 0 Å². The van der Waals surface area contributed by atoms with E-state index in [0.717, 1.165) is 5.69 Å². The molecule has 0 aliphatic heterocycles. The van der Waals surface area contributed by atoms with E-state index in [1.54, 1.807) is 0 Å². The molecule has 1 nitrogen and oxygen atoms in total. The van der Waals surface area contributed by atoms with Gasteiger partial charge in [0.2, 0.25) is 0 Å². The summed E-state index contributed by atoms with van der Waals surface area (Å²) in [5, 5.41) is 0.549. The molecule has 1 heterocycles. The number of hydrogen-bond acceptors (Lipinski definition) is 1. The number of alkyl halides is 3. The van der Waals surface area contributed by atoms with Crippen molar-refractivity contribution in [2.45, 2.75) is 11.8 Å². The number of pyridine rings is 1. The highest BCUT2D eigenvalue weighted by atomic mass is 127. The van der Waals surface area contributed by atoms with E-state index >= 15 is 0 Å². The SMILES string of the molecule is FC(F)c1cc(Br)c(CBr)nc1I. The molecule has 1 aromatic heterocycles. The van der Waals surface area contributed by atoms with E-state index in [1.807, 2.05) is 22.6 Å². The summed E-state index contributed by atoms with van der Waals surface area (Å²) in [5.41, 5.74) is 0.700. The lowest BCUT2D eigenvalue weighted by Gasteiger charge is -2.06. The molecule has 0 radical (unpaired) electrons. The second kappa shape index (κ2) is 4.97. The third kappa shape index (κ3) is 2.82. The van der Waals surface area contributed by atoms with Crippen molar-refractivity contribution >= 4 is 54.5 Å². The van der Waals surface area contributed by atoms with Gasteiger partial charge in [-0.3, -0.25) is 0 Å². The Kier molecular flexibility index (Phi) is 4.50. The fourth-order valence-corrected chi connectivity index (χ4v) is 2.72. The molecule has 6 heteroatoms. The molecule has 0 aliphatic rings. The first kappa shape index (κ1) is 11.8. The highest BCUT2D eigenvalue weighted by Crippen LogP contribution is 2.28. The molecule has 0 saturated heterocycles. The maximum absolute atomic E-state index is 12.4. The minimum absolute atomic E-state index is 0.0304. The minimum atomic E-state index is -2.47. The quantitative estimate of drug-likeness (QED) is 0.391. The average molecular weight is 427 g/mol. The molecule has 0 amide bonds. The minimum Gasteiger partial charge on any atom is -0.244 e. The number of aromatic nitrogens is 1. The smallest absolute Gasteiger partial charge is 0.244 e. The molecule has 1 aromatic rings. The Morgan fingerprint density at radius 3 is 2.62 bits per heavy atom. The molecule has 0 saturated carbocycles. The van der Waals surface area contributed by atoms with Gasteiger partial charge >= 0.3 is 0 Å². The van der Waals surface area contributed by atoms with Crippen molar-refractivity contribution < 1.29 is 8.78 Å². The lowest BCUT2D eigenvalue weighted by atomic mass is 10.3. The molecule has 72 valence electrons. The standard InChI is InChI=1S/C7H4Br2F2IN/c8-2-5-4(9)1-3(6(10)11)7(12)13-5/h1,6H,2H2. The van der Waals surface area contributed by atoms with Crippen LogP contribution in [0.5, 0.6) is 0 Å². The summed E-state index contributed by atoms with van der Waals surface area (Å²) in [6, 6.07) is 1.41. The van der Waals surface area contributed by atoms with E-state index in [4.69, 9.17) is 0 Å². The first-order chi connectivity index (χ1) is 6.06. The van der Waals surface area contributed by atoms with E-state index < -0.39 is 6.43 Å². The average Bonchev–Trinajstić information content (AvgIpc) is 2.07. The monoisotopic (exact) mass is 425 g/mol. The molecule has 0 aliphatic carbocycles. The summed E-state index contributed by atoms with van der Waals surface area (Å²) < 4.78 is 25.7. The Morgan fingerprint density at radius 2 is 2.15 bits per heavy atom. The van der Waals surface area contributed by atoms with Gasteiger partial charge in [0.15, 0.2) is 0 Å². The third-order valence-corrected chi connectivity index (χ3v) is 3.47. The Labute approximate surface area is 105 Å². The fourth-order valence-electron chi connectivity index (χ4n) is 0.763. The van der Waals surface area contributed by atoms with E-state index in [0.29, 0.717) is 13.5 Å². The van der Waals surface area contributed by atoms with Crippen LogP contribution in [0.2, 0.25) is 0 Å². The van der Waals surface area contributed by atoms with Crippen molar-refractivity contribution in [1.29, 1.82) is 0 Å². The van der Waals surface area contributed by atoms with Crippen molar-refractivity contribution in [3.05, 3.63) is 25.5 Å². The molecule has 0 N–H and O–H groups in total. The van der Waals surface area contributed by atoms with Gasteiger partial charge in [-0.1, -0.05) is 15.9 Å². The zero-order chi connectivity index (χ0) is 10.0. The van der Waals surface area contributed by atoms with Gasteiger partial charge in [0, 0.05) is 9.80 Å². The molecule has 0 aromatic carbocycles. The molecule has 1 rings (SSSR count). The third-order valence-electron chi connectivity index (χ3n) is 1.39. The zero-order valence-electron chi connectivity index (χ0n) is 6.20. The largest absolute Gasteiger partial charge is 0.266 e. The number of nitrogens with zero attached hydrogens (tertiary/aromatic N) is 1. The van der Waals surface area contributed by atoms with Gasteiger partial charge in [-0.05, 0) is 44.6 Å². The van der Waals surface area contributed by atoms with Gasteiger partial charge in [0.25, 0.3) is 6.43 Å². The van der Waals surface area contributed by atoms with Crippen LogP contribution in [0.1, 0.15) is 17.7 Å². The van der Waals surface area contributed by atoms with Crippen LogP contribution in [0.3, 0.4) is 0 Å². The Balaban J connectivity index is 3.20. The molecule has 0 atom stereocenters. The Hall–Kier alpha value is 0.700. The molecule has 0 unspecified atom stereocenters. The molecule has 0 spiro atoms. The van der Waals surface area contributed by atoms with Gasteiger partial charge in [0.1, 0.15) is 3.70 Å². The maximum atomic E-state index is 12.4. The first-order valence-corrected chi connectivity index (χ1v) is 6.24. The van der Waals surface area contributed by atoms with E-state index in [2.05, 4.69) is 36.8 Å². The second-order valence-electron chi connectivity index (χ2n) is 2.23.